The van der Waals surface area contributed by atoms with Crippen LogP contribution in [-0.4, -0.2) is 29.2 Å². The van der Waals surface area contributed by atoms with E-state index in [0.29, 0.717) is 0 Å². The molecule has 0 aromatic carbocycles. The summed E-state index contributed by atoms with van der Waals surface area (Å²) in [7, 11) is 0. The standard InChI is InChI=1S/C12H19N3/c1-12(2,3)15-8-7-14-10-6-4-5-9(13)11(10)15/h4-5,7,10H,6,8,13H2,1-3H3. The van der Waals surface area contributed by atoms with Crippen molar-refractivity contribution in [2.45, 2.75) is 38.8 Å². The molecule has 3 heteroatoms. The highest BCUT2D eigenvalue weighted by Crippen LogP contribution is 2.30. The third-order valence-electron chi connectivity index (χ3n) is 2.92. The van der Waals surface area contributed by atoms with E-state index in [9.17, 15) is 0 Å². The minimum absolute atomic E-state index is 0.107. The zero-order valence-electron chi connectivity index (χ0n) is 9.70. The van der Waals surface area contributed by atoms with Gasteiger partial charge >= 0.3 is 0 Å². The van der Waals surface area contributed by atoms with Gasteiger partial charge in [-0.15, -0.1) is 0 Å². The Kier molecular flexibility index (Phi) is 2.33. The molecule has 2 N–H and O–H groups in total. The first-order valence-electron chi connectivity index (χ1n) is 5.45. The predicted octanol–water partition coefficient (Wildman–Crippen LogP) is 1.67. The molecule has 0 amide bonds. The van der Waals surface area contributed by atoms with Crippen LogP contribution in [0.4, 0.5) is 0 Å². The molecule has 0 bridgehead atoms. The molecule has 0 radical (unpaired) electrons. The largest absolute Gasteiger partial charge is 0.397 e. The van der Waals surface area contributed by atoms with E-state index in [0.717, 1.165) is 18.7 Å². The van der Waals surface area contributed by atoms with Crippen molar-refractivity contribution in [1.82, 2.24) is 4.90 Å². The van der Waals surface area contributed by atoms with Gasteiger partial charge in [-0.05, 0) is 33.3 Å². The van der Waals surface area contributed by atoms with Crippen LogP contribution in [0.5, 0.6) is 0 Å². The van der Waals surface area contributed by atoms with Gasteiger partial charge in [0.15, 0.2) is 0 Å². The summed E-state index contributed by atoms with van der Waals surface area (Å²) in [6.45, 7) is 7.50. The predicted molar refractivity (Wildman–Crippen MR) is 63.7 cm³/mol. The summed E-state index contributed by atoms with van der Waals surface area (Å²) in [5, 5.41) is 0. The molecule has 15 heavy (non-hydrogen) atoms. The van der Waals surface area contributed by atoms with Gasteiger partial charge in [0.1, 0.15) is 0 Å². The van der Waals surface area contributed by atoms with Crippen molar-refractivity contribution in [1.29, 1.82) is 0 Å². The zero-order valence-corrected chi connectivity index (χ0v) is 9.70. The van der Waals surface area contributed by atoms with Gasteiger partial charge in [0.2, 0.25) is 0 Å². The zero-order chi connectivity index (χ0) is 11.1. The lowest BCUT2D eigenvalue weighted by Crippen LogP contribution is -2.48. The van der Waals surface area contributed by atoms with Gasteiger partial charge in [-0.25, -0.2) is 0 Å². The van der Waals surface area contributed by atoms with Crippen LogP contribution >= 0.6 is 0 Å². The van der Waals surface area contributed by atoms with Crippen LogP contribution in [0.25, 0.3) is 0 Å². The summed E-state index contributed by atoms with van der Waals surface area (Å²) in [5.74, 6) is 0. The van der Waals surface area contributed by atoms with Crippen molar-refractivity contribution >= 4 is 6.21 Å². The second-order valence-corrected chi connectivity index (χ2v) is 5.11. The average Bonchev–Trinajstić information content (AvgIpc) is 2.16. The second kappa shape index (κ2) is 3.40. The maximum atomic E-state index is 6.05. The molecule has 0 aromatic heterocycles. The number of allylic oxidation sites excluding steroid dienone is 1. The fraction of sp³-hybridized carbons (Fsp3) is 0.583. The molecule has 0 aromatic rings. The summed E-state index contributed by atoms with van der Waals surface area (Å²) >= 11 is 0. The lowest BCUT2D eigenvalue weighted by molar-refractivity contribution is 0.191. The Morgan fingerprint density at radius 1 is 1.47 bits per heavy atom. The molecule has 2 aliphatic rings. The normalized spacial score (nSPS) is 25.8. The van der Waals surface area contributed by atoms with E-state index >= 15 is 0 Å². The lowest BCUT2D eigenvalue weighted by Gasteiger charge is -2.43. The quantitative estimate of drug-likeness (QED) is 0.653. The number of hydrogen-bond donors (Lipinski definition) is 1. The molecule has 3 nitrogen and oxygen atoms in total. The van der Waals surface area contributed by atoms with Gasteiger partial charge in [-0.2, -0.15) is 0 Å². The molecule has 2 rings (SSSR count). The van der Waals surface area contributed by atoms with E-state index in [-0.39, 0.29) is 11.6 Å². The second-order valence-electron chi connectivity index (χ2n) is 5.11. The molecule has 1 aliphatic carbocycles. The van der Waals surface area contributed by atoms with E-state index in [4.69, 9.17) is 5.73 Å². The van der Waals surface area contributed by atoms with E-state index in [1.54, 1.807) is 0 Å². The van der Waals surface area contributed by atoms with E-state index < -0.39 is 0 Å². The molecular formula is C12H19N3. The molecule has 82 valence electrons. The lowest BCUT2D eigenvalue weighted by atomic mass is 9.95. The minimum Gasteiger partial charge on any atom is -0.397 e. The Hall–Kier alpha value is -1.25. The summed E-state index contributed by atoms with van der Waals surface area (Å²) in [6, 6.07) is 0.239. The van der Waals surface area contributed by atoms with Crippen LogP contribution in [0.2, 0.25) is 0 Å². The number of nitrogens with zero attached hydrogens (tertiary/aromatic N) is 2. The number of rotatable bonds is 0. The van der Waals surface area contributed by atoms with Crippen molar-refractivity contribution < 1.29 is 0 Å². The molecule has 1 aliphatic heterocycles. The smallest absolute Gasteiger partial charge is 0.0948 e. The maximum absolute atomic E-state index is 6.05. The maximum Gasteiger partial charge on any atom is 0.0948 e. The number of fused-ring (bicyclic) bond motifs is 1. The SMILES string of the molecule is CC(C)(C)N1CC=NC2CC=CC(N)=C21. The van der Waals surface area contributed by atoms with E-state index in [2.05, 4.69) is 36.7 Å². The monoisotopic (exact) mass is 205 g/mol. The molecule has 0 saturated heterocycles. The third-order valence-corrected chi connectivity index (χ3v) is 2.92. The Morgan fingerprint density at radius 2 is 2.20 bits per heavy atom. The Balaban J connectivity index is 2.42. The molecular weight excluding hydrogens is 186 g/mol. The van der Waals surface area contributed by atoms with Gasteiger partial charge in [0.05, 0.1) is 24.0 Å². The summed E-state index contributed by atoms with van der Waals surface area (Å²) in [4.78, 5) is 6.86. The fourth-order valence-corrected chi connectivity index (χ4v) is 2.17. The number of aliphatic imine (C=N–C) groups is 1. The van der Waals surface area contributed by atoms with Crippen molar-refractivity contribution in [3.63, 3.8) is 0 Å². The topological polar surface area (TPSA) is 41.6 Å². The van der Waals surface area contributed by atoms with Crippen molar-refractivity contribution in [2.75, 3.05) is 6.54 Å². The Morgan fingerprint density at radius 3 is 2.87 bits per heavy atom. The first-order chi connectivity index (χ1) is 7.00. The van der Waals surface area contributed by atoms with Crippen molar-refractivity contribution in [2.24, 2.45) is 10.7 Å². The summed E-state index contributed by atoms with van der Waals surface area (Å²) in [6.07, 6.45) is 7.09. The third kappa shape index (κ3) is 1.78. The minimum atomic E-state index is 0.107. The Bertz CT molecular complexity index is 344. The highest BCUT2D eigenvalue weighted by atomic mass is 15.2. The molecule has 1 unspecified atom stereocenters. The van der Waals surface area contributed by atoms with Crippen molar-refractivity contribution in [3.05, 3.63) is 23.5 Å². The van der Waals surface area contributed by atoms with Gasteiger partial charge in [-0.1, -0.05) is 6.08 Å². The van der Waals surface area contributed by atoms with Crippen LogP contribution in [0.15, 0.2) is 28.5 Å². The van der Waals surface area contributed by atoms with Crippen LogP contribution < -0.4 is 5.73 Å². The Labute approximate surface area is 91.4 Å². The first-order valence-corrected chi connectivity index (χ1v) is 5.45. The van der Waals surface area contributed by atoms with Gasteiger partial charge in [0.25, 0.3) is 0 Å². The van der Waals surface area contributed by atoms with E-state index in [1.807, 2.05) is 12.3 Å². The number of hydrogen-bond acceptors (Lipinski definition) is 3. The molecule has 1 heterocycles. The van der Waals surface area contributed by atoms with Gasteiger partial charge in [0, 0.05) is 11.8 Å². The van der Waals surface area contributed by atoms with Crippen LogP contribution in [0.1, 0.15) is 27.2 Å². The first kappa shape index (κ1) is 10.3. The van der Waals surface area contributed by atoms with Gasteiger partial charge in [-0.3, -0.25) is 4.99 Å². The molecule has 0 saturated carbocycles. The van der Waals surface area contributed by atoms with Crippen LogP contribution in [0, 0.1) is 0 Å². The molecule has 0 spiro atoms. The van der Waals surface area contributed by atoms with Crippen LogP contribution in [0.3, 0.4) is 0 Å². The molecule has 0 fully saturated rings. The fourth-order valence-electron chi connectivity index (χ4n) is 2.17. The molecule has 1 atom stereocenters. The summed E-state index contributed by atoms with van der Waals surface area (Å²) < 4.78 is 0. The average molecular weight is 205 g/mol. The number of nitrogens with two attached hydrogens (primary N) is 1. The van der Waals surface area contributed by atoms with Crippen molar-refractivity contribution in [3.8, 4) is 0 Å². The summed E-state index contributed by atoms with van der Waals surface area (Å²) in [5.41, 5.74) is 8.24. The van der Waals surface area contributed by atoms with Gasteiger partial charge < -0.3 is 10.6 Å². The van der Waals surface area contributed by atoms with Crippen LogP contribution in [-0.2, 0) is 0 Å². The highest BCUT2D eigenvalue weighted by Gasteiger charge is 2.32. The van der Waals surface area contributed by atoms with E-state index in [1.165, 1.54) is 5.70 Å². The highest BCUT2D eigenvalue weighted by molar-refractivity contribution is 5.63.